The molecule has 4 rings (SSSR count). The minimum absolute atomic E-state index is 0.0276. The standard InChI is InChI=1S/C27H26NO5P/c29-27(26-16-15-24-13-7-8-14-25(24)19-26)28-17-18-31-34(30,32-20-22-9-3-1-4-10-22)33-21-23-11-5-2-6-12-23/h1-16,19H,17-18,20-21H2,(H,28,29). The van der Waals surface area contributed by atoms with Gasteiger partial charge in [-0.15, -0.1) is 0 Å². The molecular weight excluding hydrogens is 449 g/mol. The molecule has 0 unspecified atom stereocenters. The van der Waals surface area contributed by atoms with E-state index in [0.29, 0.717) is 5.56 Å². The van der Waals surface area contributed by atoms with Crippen LogP contribution in [0.1, 0.15) is 21.5 Å². The number of rotatable bonds is 11. The van der Waals surface area contributed by atoms with Gasteiger partial charge in [0.1, 0.15) is 0 Å². The van der Waals surface area contributed by atoms with Gasteiger partial charge in [-0.05, 0) is 34.0 Å². The van der Waals surface area contributed by atoms with E-state index in [1.165, 1.54) is 0 Å². The maximum absolute atomic E-state index is 13.2. The second kappa shape index (κ2) is 11.7. The van der Waals surface area contributed by atoms with Gasteiger partial charge in [0, 0.05) is 12.1 Å². The van der Waals surface area contributed by atoms with Gasteiger partial charge < -0.3 is 5.32 Å². The monoisotopic (exact) mass is 475 g/mol. The lowest BCUT2D eigenvalue weighted by atomic mass is 10.1. The van der Waals surface area contributed by atoms with E-state index < -0.39 is 7.82 Å². The number of hydrogen-bond acceptors (Lipinski definition) is 5. The fraction of sp³-hybridized carbons (Fsp3) is 0.148. The van der Waals surface area contributed by atoms with E-state index in [4.69, 9.17) is 13.6 Å². The number of carbonyl (C=O) groups is 1. The lowest BCUT2D eigenvalue weighted by Crippen LogP contribution is -2.27. The Labute approximate surface area is 199 Å². The van der Waals surface area contributed by atoms with Gasteiger partial charge in [-0.3, -0.25) is 18.4 Å². The summed E-state index contributed by atoms with van der Waals surface area (Å²) in [5.41, 5.74) is 2.24. The van der Waals surface area contributed by atoms with Crippen molar-refractivity contribution >= 4 is 24.5 Å². The first-order valence-electron chi connectivity index (χ1n) is 11.0. The van der Waals surface area contributed by atoms with Crippen LogP contribution in [0, 0.1) is 0 Å². The third-order valence-corrected chi connectivity index (χ3v) is 6.50. The van der Waals surface area contributed by atoms with Crippen molar-refractivity contribution in [3.05, 3.63) is 120 Å². The predicted molar refractivity (Wildman–Crippen MR) is 132 cm³/mol. The van der Waals surface area contributed by atoms with Gasteiger partial charge >= 0.3 is 7.82 Å². The highest BCUT2D eigenvalue weighted by molar-refractivity contribution is 7.48. The summed E-state index contributed by atoms with van der Waals surface area (Å²) in [6, 6.07) is 32.1. The minimum Gasteiger partial charge on any atom is -0.350 e. The summed E-state index contributed by atoms with van der Waals surface area (Å²) in [5, 5.41) is 4.84. The molecule has 4 aromatic rings. The number of phosphoric ester groups is 1. The Balaban J connectivity index is 1.33. The molecule has 0 saturated heterocycles. The first-order valence-corrected chi connectivity index (χ1v) is 12.5. The van der Waals surface area contributed by atoms with Crippen LogP contribution in [0.15, 0.2) is 103 Å². The molecule has 4 aromatic carbocycles. The Kier molecular flexibility index (Phi) is 8.23. The molecule has 0 aliphatic carbocycles. The molecule has 7 heteroatoms. The van der Waals surface area contributed by atoms with Gasteiger partial charge in [-0.1, -0.05) is 91.0 Å². The van der Waals surface area contributed by atoms with E-state index in [1.807, 2.05) is 97.1 Å². The number of amides is 1. The van der Waals surface area contributed by atoms with Crippen molar-refractivity contribution in [1.82, 2.24) is 5.32 Å². The Morgan fingerprint density at radius 1 is 0.676 bits per heavy atom. The van der Waals surface area contributed by atoms with Crippen molar-refractivity contribution < 1.29 is 22.9 Å². The molecule has 0 saturated carbocycles. The zero-order valence-corrected chi connectivity index (χ0v) is 19.5. The Morgan fingerprint density at radius 3 is 1.85 bits per heavy atom. The fourth-order valence-electron chi connectivity index (χ4n) is 3.32. The second-order valence-electron chi connectivity index (χ2n) is 7.62. The summed E-state index contributed by atoms with van der Waals surface area (Å²) in [5.74, 6) is -0.236. The maximum atomic E-state index is 13.2. The lowest BCUT2D eigenvalue weighted by Gasteiger charge is -2.18. The highest BCUT2D eigenvalue weighted by Crippen LogP contribution is 2.50. The average molecular weight is 475 g/mol. The lowest BCUT2D eigenvalue weighted by molar-refractivity contribution is 0.0899. The fourth-order valence-corrected chi connectivity index (χ4v) is 4.47. The molecule has 0 heterocycles. The molecule has 0 atom stereocenters. The number of carbonyl (C=O) groups excluding carboxylic acids is 1. The van der Waals surface area contributed by atoms with E-state index in [1.54, 1.807) is 6.07 Å². The summed E-state index contributed by atoms with van der Waals surface area (Å²) in [6.07, 6.45) is 0. The second-order valence-corrected chi connectivity index (χ2v) is 9.29. The first-order chi connectivity index (χ1) is 16.6. The third-order valence-electron chi connectivity index (χ3n) is 5.11. The van der Waals surface area contributed by atoms with E-state index in [9.17, 15) is 9.36 Å². The van der Waals surface area contributed by atoms with Crippen LogP contribution in [0.2, 0.25) is 0 Å². The SMILES string of the molecule is O=C(NCCOP(=O)(OCc1ccccc1)OCc1ccccc1)c1ccc2ccccc2c1. The van der Waals surface area contributed by atoms with Crippen LogP contribution in [0.5, 0.6) is 0 Å². The van der Waals surface area contributed by atoms with Crippen molar-refractivity contribution in [3.8, 4) is 0 Å². The number of fused-ring (bicyclic) bond motifs is 1. The summed E-state index contributed by atoms with van der Waals surface area (Å²) < 4.78 is 29.9. The Hall–Kier alpha value is -3.28. The smallest absolute Gasteiger partial charge is 0.350 e. The normalized spacial score (nSPS) is 11.4. The molecule has 0 spiro atoms. The van der Waals surface area contributed by atoms with Crippen LogP contribution in [-0.4, -0.2) is 19.1 Å². The zero-order valence-electron chi connectivity index (χ0n) is 18.6. The molecule has 1 N–H and O–H groups in total. The largest absolute Gasteiger partial charge is 0.475 e. The van der Waals surface area contributed by atoms with Gasteiger partial charge in [0.05, 0.1) is 19.8 Å². The van der Waals surface area contributed by atoms with Crippen LogP contribution in [0.25, 0.3) is 10.8 Å². The quantitative estimate of drug-likeness (QED) is 0.209. The highest BCUT2D eigenvalue weighted by atomic mass is 31.2. The van der Waals surface area contributed by atoms with Crippen LogP contribution in [0.4, 0.5) is 0 Å². The third kappa shape index (κ3) is 6.86. The topological polar surface area (TPSA) is 73.9 Å². The Morgan fingerprint density at radius 2 is 1.24 bits per heavy atom. The van der Waals surface area contributed by atoms with Gasteiger partial charge in [0.25, 0.3) is 5.91 Å². The molecule has 0 aromatic heterocycles. The molecule has 0 aliphatic rings. The molecule has 0 radical (unpaired) electrons. The van der Waals surface area contributed by atoms with Gasteiger partial charge in [0.15, 0.2) is 0 Å². The van der Waals surface area contributed by atoms with Crippen LogP contribution in [0.3, 0.4) is 0 Å². The summed E-state index contributed by atoms with van der Waals surface area (Å²) in [6.45, 7) is 0.284. The summed E-state index contributed by atoms with van der Waals surface area (Å²) in [4.78, 5) is 12.5. The van der Waals surface area contributed by atoms with Crippen LogP contribution >= 0.6 is 7.82 Å². The van der Waals surface area contributed by atoms with Crippen molar-refractivity contribution in [2.75, 3.05) is 13.2 Å². The molecule has 34 heavy (non-hydrogen) atoms. The molecule has 174 valence electrons. The van der Waals surface area contributed by atoms with E-state index in [-0.39, 0.29) is 32.3 Å². The molecular formula is C27H26NO5P. The first kappa shape index (κ1) is 23.9. The number of phosphoric acid groups is 1. The van der Waals surface area contributed by atoms with Crippen molar-refractivity contribution in [3.63, 3.8) is 0 Å². The zero-order chi connectivity index (χ0) is 23.6. The van der Waals surface area contributed by atoms with E-state index in [0.717, 1.165) is 21.9 Å². The number of nitrogens with one attached hydrogen (secondary N) is 1. The number of hydrogen-bond donors (Lipinski definition) is 1. The summed E-state index contributed by atoms with van der Waals surface area (Å²) in [7, 11) is -3.87. The van der Waals surface area contributed by atoms with Crippen molar-refractivity contribution in [2.45, 2.75) is 13.2 Å². The average Bonchev–Trinajstić information content (AvgIpc) is 2.90. The van der Waals surface area contributed by atoms with Gasteiger partial charge in [-0.25, -0.2) is 4.57 Å². The van der Waals surface area contributed by atoms with Crippen molar-refractivity contribution in [1.29, 1.82) is 0 Å². The maximum Gasteiger partial charge on any atom is 0.475 e. The van der Waals surface area contributed by atoms with Gasteiger partial charge in [-0.2, -0.15) is 0 Å². The molecule has 6 nitrogen and oxygen atoms in total. The van der Waals surface area contributed by atoms with E-state index >= 15 is 0 Å². The molecule has 0 aliphatic heterocycles. The molecule has 0 bridgehead atoms. The highest BCUT2D eigenvalue weighted by Gasteiger charge is 2.27. The number of benzene rings is 4. The minimum atomic E-state index is -3.87. The van der Waals surface area contributed by atoms with Gasteiger partial charge in [0.2, 0.25) is 0 Å². The van der Waals surface area contributed by atoms with Crippen LogP contribution < -0.4 is 5.32 Å². The summed E-state index contributed by atoms with van der Waals surface area (Å²) >= 11 is 0. The Bertz CT molecular complexity index is 1220. The van der Waals surface area contributed by atoms with Crippen molar-refractivity contribution in [2.24, 2.45) is 0 Å². The van der Waals surface area contributed by atoms with E-state index in [2.05, 4.69) is 5.32 Å². The predicted octanol–water partition coefficient (Wildman–Crippen LogP) is 6.13. The van der Waals surface area contributed by atoms with Crippen LogP contribution in [-0.2, 0) is 31.4 Å². The molecule has 1 amide bonds. The molecule has 0 fully saturated rings.